The van der Waals surface area contributed by atoms with E-state index in [4.69, 9.17) is 9.84 Å². The summed E-state index contributed by atoms with van der Waals surface area (Å²) in [6.45, 7) is 8.44. The van der Waals surface area contributed by atoms with Crippen LogP contribution in [0.5, 0.6) is 0 Å². The van der Waals surface area contributed by atoms with E-state index in [0.29, 0.717) is 44.8 Å². The first-order chi connectivity index (χ1) is 16.4. The van der Waals surface area contributed by atoms with E-state index in [1.807, 2.05) is 30.9 Å². The van der Waals surface area contributed by atoms with Crippen molar-refractivity contribution >= 4 is 17.7 Å². The van der Waals surface area contributed by atoms with Crippen LogP contribution in [0.25, 0.3) is 0 Å². The summed E-state index contributed by atoms with van der Waals surface area (Å²) < 4.78 is 19.8. The maximum Gasteiger partial charge on any atom is 0.409 e. The summed E-state index contributed by atoms with van der Waals surface area (Å²) in [5.41, 5.74) is 4.41. The largest absolute Gasteiger partial charge is 0.450 e. The maximum absolute atomic E-state index is 14.7. The van der Waals surface area contributed by atoms with Gasteiger partial charge in [0.2, 0.25) is 0 Å². The second-order valence-electron chi connectivity index (χ2n) is 8.81. The highest BCUT2D eigenvalue weighted by molar-refractivity contribution is 6.04. The van der Waals surface area contributed by atoms with Gasteiger partial charge in [0.1, 0.15) is 5.82 Å². The molecule has 0 bridgehead atoms. The lowest BCUT2D eigenvalue weighted by molar-refractivity contribution is -0.134. The van der Waals surface area contributed by atoms with Crippen molar-refractivity contribution < 1.29 is 18.7 Å². The highest BCUT2D eigenvalue weighted by Gasteiger charge is 2.36. The van der Waals surface area contributed by atoms with Gasteiger partial charge < -0.3 is 9.64 Å². The van der Waals surface area contributed by atoms with Gasteiger partial charge >= 0.3 is 6.09 Å². The van der Waals surface area contributed by atoms with E-state index in [1.54, 1.807) is 30.0 Å². The fourth-order valence-electron chi connectivity index (χ4n) is 4.50. The van der Waals surface area contributed by atoms with Crippen molar-refractivity contribution in [3.8, 4) is 0 Å². The molecule has 0 spiro atoms. The first kappa shape index (κ1) is 23.9. The lowest BCUT2D eigenvalue weighted by Gasteiger charge is -2.34. The number of benzene rings is 2. The van der Waals surface area contributed by atoms with Crippen molar-refractivity contribution in [3.05, 3.63) is 70.5 Å². The van der Waals surface area contributed by atoms with Gasteiger partial charge in [0.25, 0.3) is 5.91 Å². The Morgan fingerprint density at radius 3 is 2.53 bits per heavy atom. The van der Waals surface area contributed by atoms with Gasteiger partial charge in [0.05, 0.1) is 24.9 Å². The Balaban J connectivity index is 1.53. The summed E-state index contributed by atoms with van der Waals surface area (Å²) in [5.74, 6) is -0.524. The number of rotatable bonds is 5. The number of carbonyl (C=O) groups is 2. The summed E-state index contributed by atoms with van der Waals surface area (Å²) in [6, 6.07) is 12.2. The van der Waals surface area contributed by atoms with Crippen molar-refractivity contribution in [2.24, 2.45) is 5.10 Å². The third kappa shape index (κ3) is 5.12. The zero-order valence-corrected chi connectivity index (χ0v) is 20.0. The zero-order chi connectivity index (χ0) is 24.2. The van der Waals surface area contributed by atoms with Crippen LogP contribution in [-0.4, -0.2) is 71.9 Å². The predicted molar refractivity (Wildman–Crippen MR) is 128 cm³/mol. The molecule has 0 N–H and O–H groups in total. The molecule has 1 saturated heterocycles. The summed E-state index contributed by atoms with van der Waals surface area (Å²) in [6.07, 6.45) is 0.128. The van der Waals surface area contributed by atoms with Crippen LogP contribution in [0.3, 0.4) is 0 Å². The standard InChI is InChI=1S/C26H31FN4O3/c1-4-34-26(33)30-13-11-29(12-14-30)17-25(32)31-24(20-7-5-6-8-22(20)27)16-23(28-31)21-15-18(2)9-10-19(21)3/h5-10,15,24H,4,11-14,16-17H2,1-3H3. The van der Waals surface area contributed by atoms with Crippen molar-refractivity contribution in [1.82, 2.24) is 14.8 Å². The quantitative estimate of drug-likeness (QED) is 0.671. The molecule has 34 heavy (non-hydrogen) atoms. The van der Waals surface area contributed by atoms with Gasteiger partial charge in [-0.05, 0) is 38.5 Å². The van der Waals surface area contributed by atoms with E-state index in [2.05, 4.69) is 6.07 Å². The molecule has 2 heterocycles. The number of halogens is 1. The van der Waals surface area contributed by atoms with Crippen LogP contribution < -0.4 is 0 Å². The Morgan fingerprint density at radius 2 is 1.82 bits per heavy atom. The van der Waals surface area contributed by atoms with Crippen LogP contribution in [0.15, 0.2) is 47.6 Å². The second-order valence-corrected chi connectivity index (χ2v) is 8.81. The third-order valence-corrected chi connectivity index (χ3v) is 6.39. The van der Waals surface area contributed by atoms with Crippen LogP contribution in [0.4, 0.5) is 9.18 Å². The molecule has 2 amide bonds. The molecule has 1 unspecified atom stereocenters. The predicted octanol–water partition coefficient (Wildman–Crippen LogP) is 3.89. The lowest BCUT2D eigenvalue weighted by Crippen LogP contribution is -2.51. The van der Waals surface area contributed by atoms with E-state index < -0.39 is 6.04 Å². The highest BCUT2D eigenvalue weighted by Crippen LogP contribution is 2.35. The number of hydrazone groups is 1. The maximum atomic E-state index is 14.7. The molecule has 2 aromatic rings. The SMILES string of the molecule is CCOC(=O)N1CCN(CC(=O)N2N=C(c3cc(C)ccc3C)CC2c2ccccc2F)CC1. The average molecular weight is 467 g/mol. The molecule has 2 aliphatic rings. The normalized spacial score (nSPS) is 18.7. The molecular formula is C26H31FN4O3. The van der Waals surface area contributed by atoms with Crippen molar-refractivity contribution in [2.45, 2.75) is 33.2 Å². The monoisotopic (exact) mass is 466 g/mol. The minimum Gasteiger partial charge on any atom is -0.450 e. The number of ether oxygens (including phenoxy) is 1. The van der Waals surface area contributed by atoms with Gasteiger partial charge in [0, 0.05) is 43.7 Å². The van der Waals surface area contributed by atoms with Crippen LogP contribution in [-0.2, 0) is 9.53 Å². The van der Waals surface area contributed by atoms with Gasteiger partial charge in [-0.3, -0.25) is 9.69 Å². The van der Waals surface area contributed by atoms with E-state index in [9.17, 15) is 14.0 Å². The molecule has 1 fully saturated rings. The first-order valence-corrected chi connectivity index (χ1v) is 11.7. The average Bonchev–Trinajstić information content (AvgIpc) is 3.27. The lowest BCUT2D eigenvalue weighted by atomic mass is 9.95. The van der Waals surface area contributed by atoms with Crippen LogP contribution in [0, 0.1) is 19.7 Å². The topological polar surface area (TPSA) is 65.5 Å². The van der Waals surface area contributed by atoms with Crippen molar-refractivity contribution in [1.29, 1.82) is 0 Å². The van der Waals surface area contributed by atoms with Gasteiger partial charge in [-0.15, -0.1) is 0 Å². The minimum absolute atomic E-state index is 0.158. The highest BCUT2D eigenvalue weighted by atomic mass is 19.1. The molecule has 0 aliphatic carbocycles. The Bertz CT molecular complexity index is 1100. The fraction of sp³-hybridized carbons (Fsp3) is 0.423. The number of piperazine rings is 1. The number of aryl methyl sites for hydroxylation is 2. The summed E-state index contributed by atoms with van der Waals surface area (Å²) >= 11 is 0. The number of hydrogen-bond acceptors (Lipinski definition) is 5. The molecule has 2 aliphatic heterocycles. The van der Waals surface area contributed by atoms with Gasteiger partial charge in [-0.1, -0.05) is 35.9 Å². The third-order valence-electron chi connectivity index (χ3n) is 6.39. The molecule has 4 rings (SSSR count). The van der Waals surface area contributed by atoms with Crippen molar-refractivity contribution in [2.75, 3.05) is 39.3 Å². The van der Waals surface area contributed by atoms with Crippen LogP contribution in [0.1, 0.15) is 41.6 Å². The number of carbonyl (C=O) groups excluding carboxylic acids is 2. The Labute approximate surface area is 199 Å². The zero-order valence-electron chi connectivity index (χ0n) is 20.0. The molecule has 0 radical (unpaired) electrons. The van der Waals surface area contributed by atoms with Crippen molar-refractivity contribution in [3.63, 3.8) is 0 Å². The van der Waals surface area contributed by atoms with E-state index >= 15 is 0 Å². The molecule has 1 atom stereocenters. The molecule has 7 nitrogen and oxygen atoms in total. The van der Waals surface area contributed by atoms with E-state index in [0.717, 1.165) is 22.4 Å². The Hall–Kier alpha value is -3.26. The number of amides is 2. The molecule has 0 aromatic heterocycles. The van der Waals surface area contributed by atoms with Crippen LogP contribution >= 0.6 is 0 Å². The molecule has 8 heteroatoms. The Kier molecular flexibility index (Phi) is 7.26. The number of hydrogen-bond donors (Lipinski definition) is 0. The Morgan fingerprint density at radius 1 is 1.09 bits per heavy atom. The van der Waals surface area contributed by atoms with Gasteiger partial charge in [0.15, 0.2) is 0 Å². The molecule has 180 valence electrons. The van der Waals surface area contributed by atoms with E-state index in [-0.39, 0.29) is 24.4 Å². The summed E-state index contributed by atoms with van der Waals surface area (Å²) in [5, 5.41) is 6.17. The van der Waals surface area contributed by atoms with Gasteiger partial charge in [-0.25, -0.2) is 14.2 Å². The molecule has 2 aromatic carbocycles. The smallest absolute Gasteiger partial charge is 0.409 e. The summed E-state index contributed by atoms with van der Waals surface area (Å²) in [4.78, 5) is 29.0. The summed E-state index contributed by atoms with van der Waals surface area (Å²) in [7, 11) is 0. The van der Waals surface area contributed by atoms with Crippen LogP contribution in [0.2, 0.25) is 0 Å². The van der Waals surface area contributed by atoms with E-state index in [1.165, 1.54) is 11.1 Å². The first-order valence-electron chi connectivity index (χ1n) is 11.7. The minimum atomic E-state index is -0.496. The number of nitrogens with zero attached hydrogens (tertiary/aromatic N) is 4. The fourth-order valence-corrected chi connectivity index (χ4v) is 4.50. The van der Waals surface area contributed by atoms with Gasteiger partial charge in [-0.2, -0.15) is 5.10 Å². The molecule has 0 saturated carbocycles. The second kappa shape index (κ2) is 10.3. The molecular weight excluding hydrogens is 435 g/mol.